The fourth-order valence-corrected chi connectivity index (χ4v) is 3.25. The van der Waals surface area contributed by atoms with E-state index in [9.17, 15) is 0 Å². The molecule has 0 saturated carbocycles. The first-order valence-corrected chi connectivity index (χ1v) is 7.68. The molecule has 0 aromatic carbocycles. The van der Waals surface area contributed by atoms with Crippen molar-refractivity contribution >= 4 is 40.6 Å². The quantitative estimate of drug-likeness (QED) is 0.716. The first-order chi connectivity index (χ1) is 9.69. The zero-order valence-corrected chi connectivity index (χ0v) is 12.5. The van der Waals surface area contributed by atoms with E-state index in [1.165, 1.54) is 16.6 Å². The van der Waals surface area contributed by atoms with Crippen LogP contribution in [0.4, 0.5) is 5.95 Å². The van der Waals surface area contributed by atoms with Gasteiger partial charge in [-0.25, -0.2) is 15.0 Å². The molecule has 0 aliphatic rings. The number of thiophene rings is 1. The maximum atomic E-state index is 5.82. The Morgan fingerprint density at radius 3 is 3.00 bits per heavy atom. The van der Waals surface area contributed by atoms with Crippen LogP contribution in [0, 0.1) is 0 Å². The van der Waals surface area contributed by atoms with Gasteiger partial charge >= 0.3 is 0 Å². The second-order valence-electron chi connectivity index (χ2n) is 3.81. The van der Waals surface area contributed by atoms with E-state index < -0.39 is 0 Å². The number of aromatic nitrogens is 5. The van der Waals surface area contributed by atoms with Gasteiger partial charge in [0.15, 0.2) is 0 Å². The fourth-order valence-electron chi connectivity index (χ4n) is 1.54. The van der Waals surface area contributed by atoms with Gasteiger partial charge in [0.2, 0.25) is 11.1 Å². The number of anilines is 1. The Kier molecular flexibility index (Phi) is 3.86. The number of halogens is 1. The van der Waals surface area contributed by atoms with Crippen LogP contribution >= 0.6 is 34.7 Å². The van der Waals surface area contributed by atoms with Gasteiger partial charge < -0.3 is 5.73 Å². The standard InChI is InChI=1S/C11H9ClN6S2/c12-7-5-9(16-10(13)14-7)20-11-15-8(17-18-11)4-6-2-1-3-19-6/h1-3,5H,4H2,(H2,13,14,16)(H,15,17,18). The van der Waals surface area contributed by atoms with Crippen molar-refractivity contribution < 1.29 is 0 Å². The van der Waals surface area contributed by atoms with Gasteiger partial charge in [0, 0.05) is 17.4 Å². The third-order valence-electron chi connectivity index (χ3n) is 2.32. The van der Waals surface area contributed by atoms with Gasteiger partial charge in [0.1, 0.15) is 16.0 Å². The SMILES string of the molecule is Nc1nc(Cl)cc(Sc2n[nH]c(Cc3cccs3)n2)n1. The third kappa shape index (κ3) is 3.27. The van der Waals surface area contributed by atoms with E-state index in [2.05, 4.69) is 31.2 Å². The summed E-state index contributed by atoms with van der Waals surface area (Å²) in [4.78, 5) is 13.5. The molecule has 0 spiro atoms. The maximum absolute atomic E-state index is 5.82. The summed E-state index contributed by atoms with van der Waals surface area (Å²) in [5.41, 5.74) is 5.54. The fraction of sp³-hybridized carbons (Fsp3) is 0.0909. The van der Waals surface area contributed by atoms with Gasteiger partial charge in [-0.15, -0.1) is 16.4 Å². The molecule has 6 nitrogen and oxygen atoms in total. The van der Waals surface area contributed by atoms with Gasteiger partial charge in [0.05, 0.1) is 0 Å². The topological polar surface area (TPSA) is 93.4 Å². The lowest BCUT2D eigenvalue weighted by Gasteiger charge is -1.98. The predicted octanol–water partition coefficient (Wildman–Crippen LogP) is 2.63. The largest absolute Gasteiger partial charge is 0.368 e. The molecule has 0 amide bonds. The van der Waals surface area contributed by atoms with E-state index >= 15 is 0 Å². The molecule has 9 heteroatoms. The summed E-state index contributed by atoms with van der Waals surface area (Å²) in [5, 5.41) is 10.6. The van der Waals surface area contributed by atoms with Crippen LogP contribution in [0.15, 0.2) is 33.8 Å². The summed E-state index contributed by atoms with van der Waals surface area (Å²) in [5.74, 6) is 0.942. The maximum Gasteiger partial charge on any atom is 0.222 e. The molecule has 102 valence electrons. The zero-order valence-electron chi connectivity index (χ0n) is 10.1. The average molecular weight is 325 g/mol. The van der Waals surface area contributed by atoms with E-state index in [0.29, 0.717) is 15.3 Å². The first-order valence-electron chi connectivity index (χ1n) is 5.60. The van der Waals surface area contributed by atoms with Gasteiger partial charge in [-0.3, -0.25) is 5.10 Å². The van der Waals surface area contributed by atoms with Crippen molar-refractivity contribution in [2.75, 3.05) is 5.73 Å². The molecule has 20 heavy (non-hydrogen) atoms. The van der Waals surface area contributed by atoms with Crippen molar-refractivity contribution in [3.63, 3.8) is 0 Å². The van der Waals surface area contributed by atoms with Crippen LogP contribution in [-0.2, 0) is 6.42 Å². The minimum atomic E-state index is 0.134. The van der Waals surface area contributed by atoms with Gasteiger partial charge in [-0.2, -0.15) is 0 Å². The molecule has 3 aromatic heterocycles. The number of hydrogen-bond acceptors (Lipinski definition) is 7. The highest BCUT2D eigenvalue weighted by Crippen LogP contribution is 2.25. The minimum Gasteiger partial charge on any atom is -0.368 e. The summed E-state index contributed by atoms with van der Waals surface area (Å²) in [7, 11) is 0. The van der Waals surface area contributed by atoms with Crippen LogP contribution in [-0.4, -0.2) is 25.1 Å². The summed E-state index contributed by atoms with van der Waals surface area (Å²) >= 11 is 8.79. The molecule has 3 rings (SSSR count). The van der Waals surface area contributed by atoms with Crippen molar-refractivity contribution in [1.82, 2.24) is 25.1 Å². The summed E-state index contributed by atoms with van der Waals surface area (Å²) in [6.45, 7) is 0. The molecule has 3 heterocycles. The lowest BCUT2D eigenvalue weighted by molar-refractivity contribution is 0.955. The Bertz CT molecular complexity index is 691. The smallest absolute Gasteiger partial charge is 0.222 e. The molecule has 0 atom stereocenters. The number of rotatable bonds is 4. The molecule has 0 saturated heterocycles. The number of aromatic amines is 1. The zero-order chi connectivity index (χ0) is 13.9. The van der Waals surface area contributed by atoms with Crippen molar-refractivity contribution in [3.8, 4) is 0 Å². The number of H-pyrrole nitrogens is 1. The van der Waals surface area contributed by atoms with Gasteiger partial charge in [-0.05, 0) is 23.2 Å². The van der Waals surface area contributed by atoms with Crippen molar-refractivity contribution in [2.24, 2.45) is 0 Å². The highest BCUT2D eigenvalue weighted by molar-refractivity contribution is 7.99. The highest BCUT2D eigenvalue weighted by Gasteiger charge is 2.09. The van der Waals surface area contributed by atoms with Crippen molar-refractivity contribution in [3.05, 3.63) is 39.4 Å². The predicted molar refractivity (Wildman–Crippen MR) is 79.1 cm³/mol. The molecule has 0 aliphatic carbocycles. The lowest BCUT2D eigenvalue weighted by atomic mass is 10.3. The summed E-state index contributed by atoms with van der Waals surface area (Å²) in [6.07, 6.45) is 0.734. The molecule has 3 N–H and O–H groups in total. The van der Waals surface area contributed by atoms with Gasteiger partial charge in [0.25, 0.3) is 0 Å². The van der Waals surface area contributed by atoms with Crippen molar-refractivity contribution in [2.45, 2.75) is 16.6 Å². The molecule has 3 aromatic rings. The Hall–Kier alpha value is -1.64. The molecule has 0 unspecified atom stereocenters. The monoisotopic (exact) mass is 324 g/mol. The highest BCUT2D eigenvalue weighted by atomic mass is 35.5. The molecular weight excluding hydrogens is 316 g/mol. The Morgan fingerprint density at radius 2 is 2.25 bits per heavy atom. The second-order valence-corrected chi connectivity index (χ2v) is 6.22. The van der Waals surface area contributed by atoms with Crippen LogP contribution in [0.2, 0.25) is 5.15 Å². The Balaban J connectivity index is 1.73. The number of nitrogens with two attached hydrogens (primary N) is 1. The summed E-state index contributed by atoms with van der Waals surface area (Å²) < 4.78 is 0. The molecular formula is C11H9ClN6S2. The number of hydrogen-bond donors (Lipinski definition) is 2. The van der Waals surface area contributed by atoms with Crippen LogP contribution in [0.1, 0.15) is 10.7 Å². The van der Waals surface area contributed by atoms with Crippen LogP contribution < -0.4 is 5.73 Å². The minimum absolute atomic E-state index is 0.134. The molecule has 0 radical (unpaired) electrons. The third-order valence-corrected chi connectivity index (χ3v) is 4.17. The van der Waals surface area contributed by atoms with Crippen LogP contribution in [0.3, 0.4) is 0 Å². The van der Waals surface area contributed by atoms with Crippen LogP contribution in [0.5, 0.6) is 0 Å². The van der Waals surface area contributed by atoms with E-state index in [0.717, 1.165) is 12.2 Å². The average Bonchev–Trinajstić information content (AvgIpc) is 3.01. The number of nitrogens with one attached hydrogen (secondary N) is 1. The van der Waals surface area contributed by atoms with E-state index in [1.807, 2.05) is 11.4 Å². The Morgan fingerprint density at radius 1 is 1.35 bits per heavy atom. The Labute approximate surface area is 127 Å². The molecule has 0 aliphatic heterocycles. The molecule has 0 bridgehead atoms. The molecule has 0 fully saturated rings. The van der Waals surface area contributed by atoms with Crippen LogP contribution in [0.25, 0.3) is 0 Å². The number of nitrogen functional groups attached to an aromatic ring is 1. The van der Waals surface area contributed by atoms with E-state index in [4.69, 9.17) is 17.3 Å². The second kappa shape index (κ2) is 5.78. The normalized spacial score (nSPS) is 10.8. The lowest BCUT2D eigenvalue weighted by Crippen LogP contribution is -1.95. The van der Waals surface area contributed by atoms with Crippen molar-refractivity contribution in [1.29, 1.82) is 0 Å². The first kappa shape index (κ1) is 13.3. The van der Waals surface area contributed by atoms with E-state index in [1.54, 1.807) is 17.4 Å². The number of nitrogens with zero attached hydrogens (tertiary/aromatic N) is 4. The summed E-state index contributed by atoms with van der Waals surface area (Å²) in [6, 6.07) is 5.69. The van der Waals surface area contributed by atoms with Gasteiger partial charge in [-0.1, -0.05) is 17.7 Å². The van der Waals surface area contributed by atoms with E-state index in [-0.39, 0.29) is 5.95 Å².